The molecule has 1 heterocycles. The van der Waals surface area contributed by atoms with Crippen molar-refractivity contribution in [2.24, 2.45) is 0 Å². The van der Waals surface area contributed by atoms with Crippen molar-refractivity contribution in [3.8, 4) is 0 Å². The van der Waals surface area contributed by atoms with Crippen molar-refractivity contribution in [2.45, 2.75) is 19.4 Å². The Kier molecular flexibility index (Phi) is 6.36. The molecule has 1 aromatic carbocycles. The average Bonchev–Trinajstić information content (AvgIpc) is 2.73. The van der Waals surface area contributed by atoms with Crippen molar-refractivity contribution < 1.29 is 9.90 Å². The molecule has 2 rings (SSSR count). The maximum Gasteiger partial charge on any atom is 0.179 e. The summed E-state index contributed by atoms with van der Waals surface area (Å²) in [4.78, 5) is 17.1. The maximum atomic E-state index is 12.6. The number of halogens is 1. The molecule has 0 amide bonds. The van der Waals surface area contributed by atoms with Gasteiger partial charge in [0.2, 0.25) is 0 Å². The normalized spacial score (nSPS) is 19.2. The highest BCUT2D eigenvalue weighted by Gasteiger charge is 2.24. The topological polar surface area (TPSA) is 43.8 Å². The molecular formula is C16H23BrN2O2. The Balaban J connectivity index is 1.97. The molecule has 1 aliphatic rings. The van der Waals surface area contributed by atoms with Crippen LogP contribution in [0.15, 0.2) is 28.7 Å². The quantitative estimate of drug-likeness (QED) is 0.821. The molecule has 1 unspecified atom stereocenters. The fourth-order valence-corrected chi connectivity index (χ4v) is 3.03. The lowest BCUT2D eigenvalue weighted by atomic mass is 10.0. The molecular weight excluding hydrogens is 332 g/mol. The van der Waals surface area contributed by atoms with Gasteiger partial charge in [-0.2, -0.15) is 0 Å². The molecule has 4 nitrogen and oxygen atoms in total. The van der Waals surface area contributed by atoms with E-state index in [1.165, 1.54) is 0 Å². The number of aliphatic hydroxyl groups is 1. The van der Waals surface area contributed by atoms with E-state index in [0.717, 1.165) is 49.2 Å². The van der Waals surface area contributed by atoms with Crippen LogP contribution in [-0.2, 0) is 0 Å². The van der Waals surface area contributed by atoms with E-state index >= 15 is 0 Å². The molecule has 1 aliphatic heterocycles. The number of carbonyl (C=O) groups is 1. The third kappa shape index (κ3) is 4.61. The summed E-state index contributed by atoms with van der Waals surface area (Å²) in [6.45, 7) is 6.64. The van der Waals surface area contributed by atoms with Gasteiger partial charge in [-0.05, 0) is 32.0 Å². The first kappa shape index (κ1) is 16.6. The number of hydrogen-bond donors (Lipinski definition) is 1. The summed E-state index contributed by atoms with van der Waals surface area (Å²) in [6.07, 6.45) is 1.04. The number of nitrogens with zero attached hydrogens (tertiary/aromatic N) is 2. The van der Waals surface area contributed by atoms with Crippen molar-refractivity contribution in [1.29, 1.82) is 0 Å². The van der Waals surface area contributed by atoms with Crippen LogP contribution in [0.25, 0.3) is 0 Å². The number of carbonyl (C=O) groups excluding carboxylic acids is 1. The van der Waals surface area contributed by atoms with Crippen LogP contribution in [-0.4, -0.2) is 66.1 Å². The van der Waals surface area contributed by atoms with Gasteiger partial charge in [0.25, 0.3) is 0 Å². The third-order valence-corrected chi connectivity index (χ3v) is 4.62. The molecule has 0 aliphatic carbocycles. The zero-order chi connectivity index (χ0) is 15.2. The zero-order valence-electron chi connectivity index (χ0n) is 12.5. The third-order valence-electron chi connectivity index (χ3n) is 4.10. The van der Waals surface area contributed by atoms with Crippen LogP contribution in [0, 0.1) is 0 Å². The fourth-order valence-electron chi connectivity index (χ4n) is 2.76. The van der Waals surface area contributed by atoms with Crippen LogP contribution in [0.3, 0.4) is 0 Å². The molecule has 0 bridgehead atoms. The van der Waals surface area contributed by atoms with Crippen LogP contribution in [0.4, 0.5) is 0 Å². The average molecular weight is 355 g/mol. The second kappa shape index (κ2) is 8.03. The van der Waals surface area contributed by atoms with E-state index in [1.807, 2.05) is 31.2 Å². The molecule has 1 fully saturated rings. The predicted octanol–water partition coefficient (Wildman–Crippen LogP) is 2.02. The summed E-state index contributed by atoms with van der Waals surface area (Å²) in [6, 6.07) is 7.47. The summed E-state index contributed by atoms with van der Waals surface area (Å²) in [5.74, 6) is 0.179. The van der Waals surface area contributed by atoms with Crippen molar-refractivity contribution in [1.82, 2.24) is 9.80 Å². The smallest absolute Gasteiger partial charge is 0.179 e. The standard InChI is InChI=1S/C16H23BrN2O2/c1-13(16(21)14-3-5-15(17)6-4-14)19-8-2-7-18(9-10-19)11-12-20/h3-6,13,20H,2,7-12H2,1H3. The lowest BCUT2D eigenvalue weighted by Crippen LogP contribution is -2.41. The van der Waals surface area contributed by atoms with E-state index in [4.69, 9.17) is 5.11 Å². The Morgan fingerprint density at radius 2 is 1.95 bits per heavy atom. The van der Waals surface area contributed by atoms with Gasteiger partial charge in [-0.3, -0.25) is 14.6 Å². The van der Waals surface area contributed by atoms with Gasteiger partial charge in [-0.15, -0.1) is 0 Å². The van der Waals surface area contributed by atoms with E-state index in [-0.39, 0.29) is 18.4 Å². The first-order chi connectivity index (χ1) is 10.1. The molecule has 1 atom stereocenters. The number of benzene rings is 1. The van der Waals surface area contributed by atoms with Gasteiger partial charge in [-0.1, -0.05) is 28.1 Å². The molecule has 0 saturated carbocycles. The Morgan fingerprint density at radius 1 is 1.24 bits per heavy atom. The van der Waals surface area contributed by atoms with Gasteiger partial charge in [0.1, 0.15) is 0 Å². The van der Waals surface area contributed by atoms with E-state index in [1.54, 1.807) is 0 Å². The van der Waals surface area contributed by atoms with Gasteiger partial charge in [0, 0.05) is 36.2 Å². The van der Waals surface area contributed by atoms with E-state index in [9.17, 15) is 4.79 Å². The molecule has 21 heavy (non-hydrogen) atoms. The van der Waals surface area contributed by atoms with Crippen molar-refractivity contribution in [2.75, 3.05) is 39.3 Å². The number of β-amino-alcohol motifs (C(OH)–C–C–N with tert-alkyl or cyclic N) is 1. The molecule has 1 saturated heterocycles. The molecule has 1 aromatic rings. The fraction of sp³-hybridized carbons (Fsp3) is 0.562. The minimum atomic E-state index is -0.0970. The number of aliphatic hydroxyl groups excluding tert-OH is 1. The molecule has 5 heteroatoms. The van der Waals surface area contributed by atoms with E-state index in [2.05, 4.69) is 25.7 Å². The Labute approximate surface area is 134 Å². The highest BCUT2D eigenvalue weighted by molar-refractivity contribution is 9.10. The van der Waals surface area contributed by atoms with Crippen LogP contribution in [0.1, 0.15) is 23.7 Å². The summed E-state index contributed by atoms with van der Waals surface area (Å²) in [5, 5.41) is 9.03. The summed E-state index contributed by atoms with van der Waals surface area (Å²) in [5.41, 5.74) is 0.766. The zero-order valence-corrected chi connectivity index (χ0v) is 14.1. The van der Waals surface area contributed by atoms with Crippen molar-refractivity contribution in [3.63, 3.8) is 0 Å². The molecule has 0 spiro atoms. The first-order valence-electron chi connectivity index (χ1n) is 7.49. The van der Waals surface area contributed by atoms with Crippen LogP contribution < -0.4 is 0 Å². The van der Waals surface area contributed by atoms with Gasteiger partial charge in [0.05, 0.1) is 12.6 Å². The highest BCUT2D eigenvalue weighted by Crippen LogP contribution is 2.15. The monoisotopic (exact) mass is 354 g/mol. The van der Waals surface area contributed by atoms with Gasteiger partial charge >= 0.3 is 0 Å². The second-order valence-electron chi connectivity index (χ2n) is 5.50. The molecule has 0 aromatic heterocycles. The van der Waals surface area contributed by atoms with E-state index < -0.39 is 0 Å². The summed E-state index contributed by atoms with van der Waals surface area (Å²) in [7, 11) is 0. The first-order valence-corrected chi connectivity index (χ1v) is 8.28. The molecule has 1 N–H and O–H groups in total. The number of Topliss-reactive ketones (excluding diaryl/α,β-unsaturated/α-hetero) is 1. The number of ketones is 1. The lowest BCUT2D eigenvalue weighted by Gasteiger charge is -2.26. The van der Waals surface area contributed by atoms with Crippen LogP contribution >= 0.6 is 15.9 Å². The predicted molar refractivity (Wildman–Crippen MR) is 87.7 cm³/mol. The second-order valence-corrected chi connectivity index (χ2v) is 6.42. The lowest BCUT2D eigenvalue weighted by molar-refractivity contribution is 0.0841. The molecule has 0 radical (unpaired) electrons. The van der Waals surface area contributed by atoms with Gasteiger partial charge in [-0.25, -0.2) is 0 Å². The largest absolute Gasteiger partial charge is 0.395 e. The Hall–Kier alpha value is -0.750. The minimum Gasteiger partial charge on any atom is -0.395 e. The maximum absolute atomic E-state index is 12.6. The summed E-state index contributed by atoms with van der Waals surface area (Å²) < 4.78 is 0.987. The van der Waals surface area contributed by atoms with Crippen molar-refractivity contribution >= 4 is 21.7 Å². The van der Waals surface area contributed by atoms with Gasteiger partial charge < -0.3 is 5.11 Å². The number of hydrogen-bond acceptors (Lipinski definition) is 4. The van der Waals surface area contributed by atoms with E-state index in [0.29, 0.717) is 0 Å². The van der Waals surface area contributed by atoms with Gasteiger partial charge in [0.15, 0.2) is 5.78 Å². The highest BCUT2D eigenvalue weighted by atomic mass is 79.9. The van der Waals surface area contributed by atoms with Crippen LogP contribution in [0.5, 0.6) is 0 Å². The van der Waals surface area contributed by atoms with Crippen molar-refractivity contribution in [3.05, 3.63) is 34.3 Å². The number of rotatable bonds is 5. The molecule has 116 valence electrons. The van der Waals surface area contributed by atoms with Crippen LogP contribution in [0.2, 0.25) is 0 Å². The SMILES string of the molecule is CC(C(=O)c1ccc(Br)cc1)N1CCCN(CCO)CC1. The minimum absolute atomic E-state index is 0.0970. The Morgan fingerprint density at radius 3 is 2.62 bits per heavy atom. The summed E-state index contributed by atoms with van der Waals surface area (Å²) >= 11 is 3.39. The Bertz CT molecular complexity index is 464.